The van der Waals surface area contributed by atoms with Crippen LogP contribution in [0.1, 0.15) is 56.8 Å². The van der Waals surface area contributed by atoms with Gasteiger partial charge in [-0.25, -0.2) is 4.98 Å². The zero-order chi connectivity index (χ0) is 32.0. The average Bonchev–Trinajstić information content (AvgIpc) is 3.40. The fourth-order valence-electron chi connectivity index (χ4n) is 6.01. The van der Waals surface area contributed by atoms with Crippen LogP contribution in [0.15, 0.2) is 72.8 Å². The van der Waals surface area contributed by atoms with Gasteiger partial charge in [0.25, 0.3) is 5.91 Å². The highest BCUT2D eigenvalue weighted by atomic mass is 16.5. The Morgan fingerprint density at radius 3 is 2.44 bits per heavy atom. The van der Waals surface area contributed by atoms with Crippen LogP contribution in [0.4, 0.5) is 5.69 Å². The molecule has 0 radical (unpaired) electrons. The Bertz CT molecular complexity index is 1590. The van der Waals surface area contributed by atoms with Gasteiger partial charge in [0.1, 0.15) is 11.4 Å². The van der Waals surface area contributed by atoms with Crippen LogP contribution in [0.2, 0.25) is 0 Å². The standard InChI is InChI=1S/C36H45N5O4/c1-36(2,44)35(43)38-30-17-15-27(16-18-30)26-13-11-25(12-14-26)22-29(37)23-33(42)40-19-6-8-28(24-40)34-39-31-9-4-5-10-32(31)41(34)20-7-21-45-3/h4-5,9-18,28-29,44H,6-8,19-24,37H2,1-3H3,(H,38,43). The second-order valence-corrected chi connectivity index (χ2v) is 12.6. The first-order valence-electron chi connectivity index (χ1n) is 15.8. The number of hydrogen-bond donors (Lipinski definition) is 3. The number of fused-ring (bicyclic) bond motifs is 1. The lowest BCUT2D eigenvalue weighted by Gasteiger charge is -2.33. The summed E-state index contributed by atoms with van der Waals surface area (Å²) in [5.41, 5.74) is 10.9. The summed E-state index contributed by atoms with van der Waals surface area (Å²) < 4.78 is 7.61. The van der Waals surface area contributed by atoms with E-state index in [9.17, 15) is 14.7 Å². The topological polar surface area (TPSA) is 123 Å². The monoisotopic (exact) mass is 611 g/mol. The number of aryl methyl sites for hydroxylation is 1. The molecule has 1 fully saturated rings. The van der Waals surface area contributed by atoms with Crippen molar-refractivity contribution in [2.45, 2.75) is 70.1 Å². The first-order valence-corrected chi connectivity index (χ1v) is 15.8. The summed E-state index contributed by atoms with van der Waals surface area (Å²) in [5.74, 6) is 0.891. The molecular formula is C36H45N5O4. The van der Waals surface area contributed by atoms with E-state index in [1.807, 2.05) is 53.4 Å². The first kappa shape index (κ1) is 32.3. The molecule has 2 amide bonds. The van der Waals surface area contributed by atoms with E-state index in [0.29, 0.717) is 31.7 Å². The van der Waals surface area contributed by atoms with Crippen LogP contribution in [0.3, 0.4) is 0 Å². The average molecular weight is 612 g/mol. The van der Waals surface area contributed by atoms with E-state index < -0.39 is 11.5 Å². The van der Waals surface area contributed by atoms with Crippen LogP contribution in [-0.4, -0.2) is 69.8 Å². The number of aromatic nitrogens is 2. The van der Waals surface area contributed by atoms with E-state index >= 15 is 0 Å². The summed E-state index contributed by atoms with van der Waals surface area (Å²) in [6.45, 7) is 5.85. The van der Waals surface area contributed by atoms with Gasteiger partial charge >= 0.3 is 0 Å². The van der Waals surface area contributed by atoms with Gasteiger partial charge in [-0.15, -0.1) is 0 Å². The fourth-order valence-corrected chi connectivity index (χ4v) is 6.01. The van der Waals surface area contributed by atoms with Crippen molar-refractivity contribution in [3.8, 4) is 11.1 Å². The summed E-state index contributed by atoms with van der Waals surface area (Å²) in [6, 6.07) is 23.6. The molecule has 1 aromatic heterocycles. The number of likely N-dealkylation sites (tertiary alicyclic amines) is 1. The molecule has 1 aliphatic heterocycles. The molecule has 0 spiro atoms. The molecule has 3 aromatic carbocycles. The number of methoxy groups -OCH3 is 1. The van der Waals surface area contributed by atoms with Crippen LogP contribution in [0, 0.1) is 0 Å². The van der Waals surface area contributed by atoms with Crippen molar-refractivity contribution in [1.82, 2.24) is 14.5 Å². The lowest BCUT2D eigenvalue weighted by atomic mass is 9.95. The van der Waals surface area contributed by atoms with Crippen molar-refractivity contribution in [1.29, 1.82) is 0 Å². The fraction of sp³-hybridized carbons (Fsp3) is 0.417. The highest BCUT2D eigenvalue weighted by Crippen LogP contribution is 2.30. The molecule has 0 aliphatic carbocycles. The molecule has 2 unspecified atom stereocenters. The third kappa shape index (κ3) is 8.16. The zero-order valence-electron chi connectivity index (χ0n) is 26.5. The van der Waals surface area contributed by atoms with E-state index in [1.165, 1.54) is 13.8 Å². The maximum atomic E-state index is 13.4. The number of aliphatic hydroxyl groups is 1. The van der Waals surface area contributed by atoms with Crippen LogP contribution in [-0.2, 0) is 27.3 Å². The minimum Gasteiger partial charge on any atom is -0.385 e. The van der Waals surface area contributed by atoms with Gasteiger partial charge in [0.15, 0.2) is 0 Å². The predicted molar refractivity (Wildman–Crippen MR) is 178 cm³/mol. The van der Waals surface area contributed by atoms with Gasteiger partial charge in [-0.1, -0.05) is 48.5 Å². The summed E-state index contributed by atoms with van der Waals surface area (Å²) in [4.78, 5) is 32.4. The Morgan fingerprint density at radius 2 is 1.76 bits per heavy atom. The highest BCUT2D eigenvalue weighted by molar-refractivity contribution is 5.96. The lowest BCUT2D eigenvalue weighted by molar-refractivity contribution is -0.133. The number of anilines is 1. The number of nitrogens with one attached hydrogen (secondary N) is 1. The Morgan fingerprint density at radius 1 is 1.07 bits per heavy atom. The van der Waals surface area contributed by atoms with Crippen molar-refractivity contribution < 1.29 is 19.4 Å². The number of para-hydroxylation sites is 2. The number of piperidine rings is 1. The van der Waals surface area contributed by atoms with Crippen molar-refractivity contribution in [2.24, 2.45) is 5.73 Å². The molecule has 9 heteroatoms. The molecule has 4 aromatic rings. The molecular weight excluding hydrogens is 566 g/mol. The van der Waals surface area contributed by atoms with Gasteiger partial charge in [-0.3, -0.25) is 9.59 Å². The van der Waals surface area contributed by atoms with Crippen LogP contribution < -0.4 is 11.1 Å². The van der Waals surface area contributed by atoms with Gasteiger partial charge in [-0.2, -0.15) is 0 Å². The molecule has 0 saturated carbocycles. The Labute approximate surface area is 265 Å². The van der Waals surface area contributed by atoms with Gasteiger partial charge in [-0.05, 0) is 80.5 Å². The number of carbonyl (C=O) groups excluding carboxylic acids is 2. The third-order valence-corrected chi connectivity index (χ3v) is 8.47. The number of nitrogens with two attached hydrogens (primary N) is 1. The number of rotatable bonds is 12. The van der Waals surface area contributed by atoms with Crippen molar-refractivity contribution in [2.75, 3.05) is 32.1 Å². The quantitative estimate of drug-likeness (QED) is 0.191. The number of carbonyl (C=O) groups is 2. The van der Waals surface area contributed by atoms with Gasteiger partial charge in [0.2, 0.25) is 5.91 Å². The van der Waals surface area contributed by atoms with Crippen molar-refractivity contribution in [3.05, 3.63) is 84.2 Å². The van der Waals surface area contributed by atoms with E-state index in [4.69, 9.17) is 15.5 Å². The predicted octanol–water partition coefficient (Wildman–Crippen LogP) is 5.12. The second kappa shape index (κ2) is 14.4. The van der Waals surface area contributed by atoms with Crippen molar-refractivity contribution in [3.63, 3.8) is 0 Å². The summed E-state index contributed by atoms with van der Waals surface area (Å²) >= 11 is 0. The molecule has 238 valence electrons. The van der Waals surface area contributed by atoms with E-state index in [-0.39, 0.29) is 17.9 Å². The number of benzene rings is 3. The molecule has 2 atom stereocenters. The van der Waals surface area contributed by atoms with Gasteiger partial charge in [0, 0.05) is 57.4 Å². The van der Waals surface area contributed by atoms with E-state index in [0.717, 1.165) is 65.9 Å². The van der Waals surface area contributed by atoms with Crippen LogP contribution >= 0.6 is 0 Å². The van der Waals surface area contributed by atoms with Gasteiger partial charge < -0.3 is 30.4 Å². The Balaban J connectivity index is 1.16. The number of hydrogen-bond acceptors (Lipinski definition) is 6. The minimum absolute atomic E-state index is 0.0997. The van der Waals surface area contributed by atoms with Crippen LogP contribution in [0.5, 0.6) is 0 Å². The highest BCUT2D eigenvalue weighted by Gasteiger charge is 2.29. The maximum Gasteiger partial charge on any atom is 0.255 e. The summed E-state index contributed by atoms with van der Waals surface area (Å²) in [5, 5.41) is 12.6. The largest absolute Gasteiger partial charge is 0.385 e. The minimum atomic E-state index is -1.44. The Kier molecular flexibility index (Phi) is 10.3. The molecule has 2 heterocycles. The normalized spacial score (nSPS) is 16.1. The number of imidazole rings is 1. The third-order valence-electron chi connectivity index (χ3n) is 8.47. The molecule has 1 aliphatic rings. The number of nitrogens with zero attached hydrogens (tertiary/aromatic N) is 3. The van der Waals surface area contributed by atoms with E-state index in [1.54, 1.807) is 7.11 Å². The SMILES string of the molecule is COCCCn1c(C2CCCN(C(=O)CC(N)Cc3ccc(-c4ccc(NC(=O)C(C)(C)O)cc4)cc3)C2)nc2ccccc21. The molecule has 4 N–H and O–H groups in total. The summed E-state index contributed by atoms with van der Waals surface area (Å²) in [6.07, 6.45) is 3.78. The number of ether oxygens (including phenoxy) is 1. The molecule has 0 bridgehead atoms. The van der Waals surface area contributed by atoms with E-state index in [2.05, 4.69) is 34.1 Å². The molecule has 1 saturated heterocycles. The zero-order valence-corrected chi connectivity index (χ0v) is 26.5. The Hall–Kier alpha value is -4.05. The number of amides is 2. The molecule has 9 nitrogen and oxygen atoms in total. The molecule has 5 rings (SSSR count). The first-order chi connectivity index (χ1) is 21.6. The maximum absolute atomic E-state index is 13.4. The molecule has 45 heavy (non-hydrogen) atoms. The summed E-state index contributed by atoms with van der Waals surface area (Å²) in [7, 11) is 1.73. The lowest BCUT2D eigenvalue weighted by Crippen LogP contribution is -2.42. The second-order valence-electron chi connectivity index (χ2n) is 12.6. The van der Waals surface area contributed by atoms with Gasteiger partial charge in [0.05, 0.1) is 11.0 Å². The van der Waals surface area contributed by atoms with Crippen LogP contribution in [0.25, 0.3) is 22.2 Å². The van der Waals surface area contributed by atoms with Crippen molar-refractivity contribution >= 4 is 28.5 Å². The smallest absolute Gasteiger partial charge is 0.255 e.